The van der Waals surface area contributed by atoms with Gasteiger partial charge in [0.05, 0.1) is 0 Å². The van der Waals surface area contributed by atoms with Crippen molar-refractivity contribution in [3.05, 3.63) is 84.9 Å². The predicted octanol–water partition coefficient (Wildman–Crippen LogP) is 6.08. The van der Waals surface area contributed by atoms with Gasteiger partial charge < -0.3 is 0 Å². The maximum atomic E-state index is 2.30. The monoisotopic (exact) mass is 290 g/mol. The van der Waals surface area contributed by atoms with Gasteiger partial charge in [0.2, 0.25) is 0 Å². The van der Waals surface area contributed by atoms with E-state index in [2.05, 4.69) is 84.9 Å². The molecule has 102 valence electrons. The van der Waals surface area contributed by atoms with Crippen molar-refractivity contribution >= 4 is 34.0 Å². The summed E-state index contributed by atoms with van der Waals surface area (Å²) in [7, 11) is 0. The van der Waals surface area contributed by atoms with Crippen LogP contribution in [0.4, 0.5) is 0 Å². The smallest absolute Gasteiger partial charge is 0.00990 e. The summed E-state index contributed by atoms with van der Waals surface area (Å²) in [6, 6.07) is 30.2. The molecule has 0 bridgehead atoms. The lowest BCUT2D eigenvalue weighted by Gasteiger charge is -2.10. The Balaban J connectivity index is 0.00000132. The Bertz CT molecular complexity index is 895. The van der Waals surface area contributed by atoms with Gasteiger partial charge in [-0.3, -0.25) is 0 Å². The van der Waals surface area contributed by atoms with Crippen molar-refractivity contribution in [2.45, 2.75) is 0 Å². The van der Waals surface area contributed by atoms with Gasteiger partial charge in [-0.05, 0) is 38.7 Å². The Hall–Kier alpha value is -2.31. The molecule has 4 rings (SSSR count). The number of benzene rings is 4. The lowest BCUT2D eigenvalue weighted by atomic mass is 9.93. The van der Waals surface area contributed by atoms with Crippen LogP contribution in [0.15, 0.2) is 84.9 Å². The van der Waals surface area contributed by atoms with Crippen molar-refractivity contribution in [2.75, 3.05) is 0 Å². The lowest BCUT2D eigenvalue weighted by molar-refractivity contribution is 1.66. The Morgan fingerprint density at radius 3 is 1.81 bits per heavy atom. The summed E-state index contributed by atoms with van der Waals surface area (Å²) in [4.78, 5) is 0. The number of fused-ring (bicyclic) bond motifs is 3. The van der Waals surface area contributed by atoms with E-state index in [1.165, 1.54) is 32.7 Å². The minimum atomic E-state index is 0. The van der Waals surface area contributed by atoms with Gasteiger partial charge in [0.15, 0.2) is 0 Å². The molecule has 0 saturated carbocycles. The first-order valence-corrected chi connectivity index (χ1v) is 6.89. The third kappa shape index (κ3) is 2.28. The highest BCUT2D eigenvalue weighted by Gasteiger charge is 2.07. The molecule has 1 heteroatoms. The van der Waals surface area contributed by atoms with Crippen LogP contribution in [0.5, 0.6) is 0 Å². The van der Waals surface area contributed by atoms with Crippen LogP contribution >= 0.6 is 12.4 Å². The maximum absolute atomic E-state index is 2.30. The van der Waals surface area contributed by atoms with E-state index in [0.29, 0.717) is 0 Å². The second-order valence-corrected chi connectivity index (χ2v) is 5.06. The van der Waals surface area contributed by atoms with Crippen molar-refractivity contribution < 1.29 is 0 Å². The summed E-state index contributed by atoms with van der Waals surface area (Å²) in [5, 5.41) is 5.26. The van der Waals surface area contributed by atoms with E-state index < -0.39 is 0 Å². The van der Waals surface area contributed by atoms with Crippen LogP contribution in [0.1, 0.15) is 0 Å². The fraction of sp³-hybridized carbons (Fsp3) is 0. The molecule has 4 aromatic rings. The second kappa shape index (κ2) is 5.59. The zero-order valence-electron chi connectivity index (χ0n) is 11.5. The summed E-state index contributed by atoms with van der Waals surface area (Å²) < 4.78 is 0. The summed E-state index contributed by atoms with van der Waals surface area (Å²) in [6.07, 6.45) is 0. The van der Waals surface area contributed by atoms with Crippen LogP contribution in [-0.2, 0) is 0 Å². The van der Waals surface area contributed by atoms with Crippen LogP contribution in [0, 0.1) is 0 Å². The minimum absolute atomic E-state index is 0. The summed E-state index contributed by atoms with van der Waals surface area (Å²) >= 11 is 0. The number of halogens is 1. The molecule has 0 unspecified atom stereocenters. The summed E-state index contributed by atoms with van der Waals surface area (Å²) in [5.74, 6) is 0. The number of hydrogen-bond donors (Lipinski definition) is 0. The van der Waals surface area contributed by atoms with E-state index in [0.717, 1.165) is 0 Å². The van der Waals surface area contributed by atoms with Crippen LogP contribution in [-0.4, -0.2) is 0 Å². The minimum Gasteiger partial charge on any atom is -0.147 e. The van der Waals surface area contributed by atoms with Gasteiger partial charge in [0, 0.05) is 0 Å². The van der Waals surface area contributed by atoms with Crippen molar-refractivity contribution in [3.8, 4) is 11.1 Å². The fourth-order valence-corrected chi connectivity index (χ4v) is 2.91. The molecule has 21 heavy (non-hydrogen) atoms. The van der Waals surface area contributed by atoms with E-state index in [1.807, 2.05) is 0 Å². The number of hydrogen-bond acceptors (Lipinski definition) is 0. The fourth-order valence-electron chi connectivity index (χ4n) is 2.91. The molecule has 0 aliphatic carbocycles. The zero-order chi connectivity index (χ0) is 13.4. The van der Waals surface area contributed by atoms with Crippen molar-refractivity contribution in [1.29, 1.82) is 0 Å². The molecule has 0 aliphatic heterocycles. The van der Waals surface area contributed by atoms with E-state index in [-0.39, 0.29) is 12.4 Å². The predicted molar refractivity (Wildman–Crippen MR) is 94.1 cm³/mol. The van der Waals surface area contributed by atoms with Crippen molar-refractivity contribution in [3.63, 3.8) is 0 Å². The molecule has 0 amide bonds. The quantitative estimate of drug-likeness (QED) is 0.373. The van der Waals surface area contributed by atoms with Gasteiger partial charge in [-0.1, -0.05) is 78.9 Å². The summed E-state index contributed by atoms with van der Waals surface area (Å²) in [6.45, 7) is 0. The standard InChI is InChI=1S/C20H14.ClH/c1-2-8-15(9-3-1)20-14-16-10-4-5-11-17(16)18-12-6-7-13-19(18)20;/h1-14H;1H. The summed E-state index contributed by atoms with van der Waals surface area (Å²) in [5.41, 5.74) is 2.58. The Morgan fingerprint density at radius 1 is 0.476 bits per heavy atom. The van der Waals surface area contributed by atoms with E-state index in [4.69, 9.17) is 0 Å². The van der Waals surface area contributed by atoms with Crippen LogP contribution in [0.25, 0.3) is 32.7 Å². The first-order chi connectivity index (χ1) is 9.93. The molecule has 4 aromatic carbocycles. The van der Waals surface area contributed by atoms with Gasteiger partial charge in [0.1, 0.15) is 0 Å². The van der Waals surface area contributed by atoms with Gasteiger partial charge in [-0.15, -0.1) is 12.4 Å². The van der Waals surface area contributed by atoms with Crippen LogP contribution < -0.4 is 0 Å². The van der Waals surface area contributed by atoms with Gasteiger partial charge >= 0.3 is 0 Å². The van der Waals surface area contributed by atoms with Crippen LogP contribution in [0.3, 0.4) is 0 Å². The van der Waals surface area contributed by atoms with Gasteiger partial charge in [-0.25, -0.2) is 0 Å². The molecule has 0 nitrogen and oxygen atoms in total. The van der Waals surface area contributed by atoms with E-state index in [1.54, 1.807) is 0 Å². The molecule has 0 aromatic heterocycles. The molecular formula is C20H15Cl. The second-order valence-electron chi connectivity index (χ2n) is 5.06. The normalized spacial score (nSPS) is 10.5. The Labute approximate surface area is 130 Å². The van der Waals surface area contributed by atoms with Crippen molar-refractivity contribution in [2.24, 2.45) is 0 Å². The topological polar surface area (TPSA) is 0 Å². The number of rotatable bonds is 1. The SMILES string of the molecule is Cl.c1ccc(-c2cc3ccccc3c3ccccc23)cc1. The van der Waals surface area contributed by atoms with E-state index in [9.17, 15) is 0 Å². The first-order valence-electron chi connectivity index (χ1n) is 6.89. The molecule has 0 heterocycles. The lowest BCUT2D eigenvalue weighted by Crippen LogP contribution is -1.83. The Kier molecular flexibility index (Phi) is 3.64. The third-order valence-electron chi connectivity index (χ3n) is 3.85. The molecule has 0 aliphatic rings. The first kappa shape index (κ1) is 13.7. The Morgan fingerprint density at radius 2 is 1.05 bits per heavy atom. The molecular weight excluding hydrogens is 276 g/mol. The third-order valence-corrected chi connectivity index (χ3v) is 3.85. The average Bonchev–Trinajstić information content (AvgIpc) is 2.55. The highest BCUT2D eigenvalue weighted by molar-refractivity contribution is 6.13. The molecule has 0 fully saturated rings. The van der Waals surface area contributed by atoms with Gasteiger partial charge in [0.25, 0.3) is 0 Å². The average molecular weight is 291 g/mol. The molecule has 0 radical (unpaired) electrons. The van der Waals surface area contributed by atoms with Crippen molar-refractivity contribution in [1.82, 2.24) is 0 Å². The maximum Gasteiger partial charge on any atom is -0.00990 e. The zero-order valence-corrected chi connectivity index (χ0v) is 12.3. The highest BCUT2D eigenvalue weighted by Crippen LogP contribution is 2.34. The molecule has 0 spiro atoms. The molecule has 0 saturated heterocycles. The molecule has 0 atom stereocenters. The molecule has 0 N–H and O–H groups in total. The van der Waals surface area contributed by atoms with E-state index >= 15 is 0 Å². The van der Waals surface area contributed by atoms with Gasteiger partial charge in [-0.2, -0.15) is 0 Å². The largest absolute Gasteiger partial charge is 0.147 e. The van der Waals surface area contributed by atoms with Crippen LogP contribution in [0.2, 0.25) is 0 Å². The highest BCUT2D eigenvalue weighted by atomic mass is 35.5.